The van der Waals surface area contributed by atoms with Crippen molar-refractivity contribution in [3.63, 3.8) is 0 Å². The van der Waals surface area contributed by atoms with E-state index >= 15 is 0 Å². The number of hydrogen-bond acceptors (Lipinski definition) is 1. The first-order chi connectivity index (χ1) is 10.1. The molecule has 1 aliphatic heterocycles. The van der Waals surface area contributed by atoms with Gasteiger partial charge in [0.15, 0.2) is 6.20 Å². The van der Waals surface area contributed by atoms with E-state index in [-0.39, 0.29) is 0 Å². The van der Waals surface area contributed by atoms with E-state index < -0.39 is 0 Å². The van der Waals surface area contributed by atoms with Crippen LogP contribution in [0.3, 0.4) is 0 Å². The monoisotopic (exact) mass is 276 g/mol. The molecule has 0 atom stereocenters. The van der Waals surface area contributed by atoms with Gasteiger partial charge in [-0.25, -0.2) is 9.55 Å². The molecule has 3 heterocycles. The molecule has 0 spiro atoms. The number of benzene rings is 1. The highest BCUT2D eigenvalue weighted by atomic mass is 15.1. The Kier molecular flexibility index (Phi) is 2.52. The number of nitrogens with zero attached hydrogens (tertiary/aromatic N) is 3. The first-order valence-corrected chi connectivity index (χ1v) is 7.27. The fraction of sp³-hybridized carbons (Fsp3) is 0.222. The third kappa shape index (κ3) is 1.81. The van der Waals surface area contributed by atoms with Crippen LogP contribution < -0.4 is 4.57 Å². The maximum absolute atomic E-state index is 4.61. The van der Waals surface area contributed by atoms with Crippen molar-refractivity contribution in [3.05, 3.63) is 65.4 Å². The molecule has 3 nitrogen and oxygen atoms in total. The second-order valence-corrected chi connectivity index (χ2v) is 5.84. The lowest BCUT2D eigenvalue weighted by molar-refractivity contribution is -0.660. The maximum Gasteiger partial charge on any atom is 0.212 e. The topological polar surface area (TPSA) is 21.7 Å². The fourth-order valence-corrected chi connectivity index (χ4v) is 3.23. The lowest BCUT2D eigenvalue weighted by Crippen LogP contribution is -2.30. The summed E-state index contributed by atoms with van der Waals surface area (Å²) in [4.78, 5) is 4.61. The van der Waals surface area contributed by atoms with Gasteiger partial charge in [0.05, 0.1) is 11.4 Å². The van der Waals surface area contributed by atoms with E-state index in [0.29, 0.717) is 0 Å². The van der Waals surface area contributed by atoms with Crippen LogP contribution in [0.15, 0.2) is 42.7 Å². The van der Waals surface area contributed by atoms with Crippen molar-refractivity contribution in [2.75, 3.05) is 0 Å². The van der Waals surface area contributed by atoms with E-state index in [1.54, 1.807) is 0 Å². The zero-order valence-electron chi connectivity index (χ0n) is 12.6. The molecule has 4 rings (SSSR count). The molecule has 0 amide bonds. The lowest BCUT2D eigenvalue weighted by Gasteiger charge is -2.09. The van der Waals surface area contributed by atoms with Crippen LogP contribution in [0.4, 0.5) is 0 Å². The van der Waals surface area contributed by atoms with Crippen LogP contribution in [0.1, 0.15) is 22.6 Å². The zero-order valence-corrected chi connectivity index (χ0v) is 12.6. The normalized spacial score (nSPS) is 12.3. The number of aromatic nitrogens is 3. The highest BCUT2D eigenvalue weighted by Gasteiger charge is 2.23. The minimum absolute atomic E-state index is 0.924. The molecule has 3 heteroatoms. The molecular weight excluding hydrogens is 258 g/mol. The Bertz CT molecular complexity index is 859. The summed E-state index contributed by atoms with van der Waals surface area (Å²) in [5.74, 6) is 1.15. The van der Waals surface area contributed by atoms with Crippen LogP contribution in [0.5, 0.6) is 0 Å². The van der Waals surface area contributed by atoms with E-state index in [2.05, 4.69) is 77.7 Å². The van der Waals surface area contributed by atoms with E-state index in [9.17, 15) is 0 Å². The standard InChI is InChI=1S/C18H18N3/c1-12-8-17-14(10-18-19-13(2)11-21(17)18)9-15(12)16-6-4-5-7-20(16)3/h4-9,11H,10H2,1-3H3/q+1. The average Bonchev–Trinajstić information content (AvgIpc) is 2.95. The summed E-state index contributed by atoms with van der Waals surface area (Å²) >= 11 is 0. The van der Waals surface area contributed by atoms with Crippen molar-refractivity contribution in [2.24, 2.45) is 7.05 Å². The molecule has 2 aromatic heterocycles. The van der Waals surface area contributed by atoms with Crippen LogP contribution >= 0.6 is 0 Å². The van der Waals surface area contributed by atoms with Crippen molar-refractivity contribution in [2.45, 2.75) is 20.3 Å². The van der Waals surface area contributed by atoms with Gasteiger partial charge in [-0.3, -0.25) is 0 Å². The van der Waals surface area contributed by atoms with Gasteiger partial charge in [-0.05, 0) is 43.2 Å². The molecule has 1 aliphatic rings. The molecule has 0 bridgehead atoms. The Morgan fingerprint density at radius 3 is 2.86 bits per heavy atom. The van der Waals surface area contributed by atoms with E-state index in [0.717, 1.165) is 17.9 Å². The van der Waals surface area contributed by atoms with Gasteiger partial charge in [0.2, 0.25) is 5.69 Å². The van der Waals surface area contributed by atoms with Gasteiger partial charge in [0.1, 0.15) is 12.9 Å². The summed E-state index contributed by atoms with van der Waals surface area (Å²) in [5, 5.41) is 0. The van der Waals surface area contributed by atoms with Gasteiger partial charge in [0, 0.05) is 30.3 Å². The largest absolute Gasteiger partial charge is 0.303 e. The van der Waals surface area contributed by atoms with E-state index in [1.165, 1.54) is 28.1 Å². The molecule has 0 saturated heterocycles. The smallest absolute Gasteiger partial charge is 0.212 e. The van der Waals surface area contributed by atoms with Gasteiger partial charge in [-0.1, -0.05) is 0 Å². The molecule has 0 saturated carbocycles. The Labute approximate surface area is 124 Å². The molecule has 0 fully saturated rings. The molecule has 21 heavy (non-hydrogen) atoms. The van der Waals surface area contributed by atoms with Crippen molar-refractivity contribution < 1.29 is 4.57 Å². The zero-order chi connectivity index (χ0) is 14.6. The molecular formula is C18H18N3+. The van der Waals surface area contributed by atoms with Crippen molar-refractivity contribution >= 4 is 0 Å². The minimum atomic E-state index is 0.924. The SMILES string of the molecule is Cc1cn2c(n1)Cc1cc(-c3cccc[n+]3C)c(C)cc1-2. The van der Waals surface area contributed by atoms with Crippen LogP contribution in [0, 0.1) is 13.8 Å². The first kappa shape index (κ1) is 12.3. The number of fused-ring (bicyclic) bond motifs is 3. The summed E-state index contributed by atoms with van der Waals surface area (Å²) in [6, 6.07) is 10.9. The van der Waals surface area contributed by atoms with Crippen LogP contribution in [-0.2, 0) is 13.5 Å². The third-order valence-electron chi connectivity index (χ3n) is 4.26. The summed E-state index contributed by atoms with van der Waals surface area (Å²) in [6.45, 7) is 4.24. The number of aryl methyl sites for hydroxylation is 3. The summed E-state index contributed by atoms with van der Waals surface area (Å²) < 4.78 is 4.40. The number of imidazole rings is 1. The fourth-order valence-electron chi connectivity index (χ4n) is 3.23. The maximum atomic E-state index is 4.61. The lowest BCUT2D eigenvalue weighted by atomic mass is 9.99. The van der Waals surface area contributed by atoms with Crippen LogP contribution in [-0.4, -0.2) is 9.55 Å². The van der Waals surface area contributed by atoms with Gasteiger partial charge >= 0.3 is 0 Å². The van der Waals surface area contributed by atoms with Crippen molar-refractivity contribution in [1.82, 2.24) is 9.55 Å². The summed E-state index contributed by atoms with van der Waals surface area (Å²) in [5.41, 5.74) is 7.59. The minimum Gasteiger partial charge on any atom is -0.303 e. The third-order valence-corrected chi connectivity index (χ3v) is 4.26. The number of rotatable bonds is 1. The number of hydrogen-bond donors (Lipinski definition) is 0. The number of pyridine rings is 1. The van der Waals surface area contributed by atoms with Crippen molar-refractivity contribution in [1.29, 1.82) is 0 Å². The second kappa shape index (κ2) is 4.29. The molecule has 104 valence electrons. The Hall–Kier alpha value is -2.42. The molecule has 0 aliphatic carbocycles. The van der Waals surface area contributed by atoms with Gasteiger partial charge < -0.3 is 4.57 Å². The van der Waals surface area contributed by atoms with Gasteiger partial charge in [-0.15, -0.1) is 0 Å². The quantitative estimate of drug-likeness (QED) is 0.490. The van der Waals surface area contributed by atoms with Gasteiger partial charge in [-0.2, -0.15) is 0 Å². The predicted molar refractivity (Wildman–Crippen MR) is 82.5 cm³/mol. The van der Waals surface area contributed by atoms with Crippen LogP contribution in [0.2, 0.25) is 0 Å². The highest BCUT2D eigenvalue weighted by molar-refractivity contribution is 5.67. The van der Waals surface area contributed by atoms with E-state index in [1.807, 2.05) is 0 Å². The Balaban J connectivity index is 1.90. The molecule has 0 unspecified atom stereocenters. The highest BCUT2D eigenvalue weighted by Crippen LogP contribution is 2.33. The molecule has 3 aromatic rings. The summed E-state index contributed by atoms with van der Waals surface area (Å²) in [6.07, 6.45) is 5.15. The second-order valence-electron chi connectivity index (χ2n) is 5.84. The van der Waals surface area contributed by atoms with E-state index in [4.69, 9.17) is 0 Å². The predicted octanol–water partition coefficient (Wildman–Crippen LogP) is 2.88. The average molecular weight is 276 g/mol. The first-order valence-electron chi connectivity index (χ1n) is 7.27. The van der Waals surface area contributed by atoms with Crippen molar-refractivity contribution in [3.8, 4) is 16.9 Å². The summed E-state index contributed by atoms with van der Waals surface area (Å²) in [7, 11) is 2.09. The van der Waals surface area contributed by atoms with Crippen LogP contribution in [0.25, 0.3) is 16.9 Å². The van der Waals surface area contributed by atoms with Gasteiger partial charge in [0.25, 0.3) is 0 Å². The molecule has 0 radical (unpaired) electrons. The molecule has 1 aromatic carbocycles. The Morgan fingerprint density at radius 2 is 2.05 bits per heavy atom. The molecule has 0 N–H and O–H groups in total. The Morgan fingerprint density at radius 1 is 1.19 bits per heavy atom.